The summed E-state index contributed by atoms with van der Waals surface area (Å²) in [7, 11) is 0. The fourth-order valence-electron chi connectivity index (χ4n) is 1.70. The third-order valence-corrected chi connectivity index (χ3v) is 2.57. The van der Waals surface area contributed by atoms with Gasteiger partial charge in [0.1, 0.15) is 11.6 Å². The first-order chi connectivity index (χ1) is 8.56. The Morgan fingerprint density at radius 1 is 0.944 bits per heavy atom. The van der Waals surface area contributed by atoms with E-state index in [1.165, 1.54) is 18.2 Å². The highest BCUT2D eigenvalue weighted by molar-refractivity contribution is 5.65. The van der Waals surface area contributed by atoms with Gasteiger partial charge in [-0.2, -0.15) is 8.78 Å². The predicted molar refractivity (Wildman–Crippen MR) is 63.2 cm³/mol. The van der Waals surface area contributed by atoms with Crippen LogP contribution in [0.2, 0.25) is 0 Å². The quantitative estimate of drug-likeness (QED) is 0.786. The summed E-state index contributed by atoms with van der Waals surface area (Å²) in [5.41, 5.74) is 2.26. The Bertz CT molecular complexity index is 535. The number of alkyl halides is 2. The maximum absolute atomic E-state index is 12.8. The fraction of sp³-hybridized carbons (Fsp3) is 0.143. The molecule has 0 spiro atoms. The van der Waals surface area contributed by atoms with Crippen molar-refractivity contribution in [2.45, 2.75) is 13.5 Å². The molecule has 0 aliphatic heterocycles. The third kappa shape index (κ3) is 2.83. The average Bonchev–Trinajstić information content (AvgIpc) is 2.32. The van der Waals surface area contributed by atoms with E-state index in [2.05, 4.69) is 4.74 Å². The molecule has 0 aromatic heterocycles. The molecule has 0 amide bonds. The van der Waals surface area contributed by atoms with Gasteiger partial charge in [0.05, 0.1) is 0 Å². The summed E-state index contributed by atoms with van der Waals surface area (Å²) in [6.45, 7) is -1.15. The van der Waals surface area contributed by atoms with E-state index in [9.17, 15) is 13.2 Å². The van der Waals surface area contributed by atoms with E-state index in [0.717, 1.165) is 11.1 Å². The molecule has 0 heterocycles. The summed E-state index contributed by atoms with van der Waals surface area (Å²) < 4.78 is 41.4. The Balaban J connectivity index is 2.31. The smallest absolute Gasteiger partial charge is 0.387 e. The zero-order chi connectivity index (χ0) is 13.1. The van der Waals surface area contributed by atoms with Crippen molar-refractivity contribution >= 4 is 0 Å². The van der Waals surface area contributed by atoms with Crippen molar-refractivity contribution in [3.63, 3.8) is 0 Å². The molecule has 2 rings (SSSR count). The molecule has 0 unspecified atom stereocenters. The van der Waals surface area contributed by atoms with E-state index in [1.54, 1.807) is 31.2 Å². The number of aryl methyl sites for hydroxylation is 1. The summed E-state index contributed by atoms with van der Waals surface area (Å²) in [6.07, 6.45) is 0. The number of hydrogen-bond acceptors (Lipinski definition) is 1. The zero-order valence-corrected chi connectivity index (χ0v) is 9.66. The first-order valence-corrected chi connectivity index (χ1v) is 5.37. The van der Waals surface area contributed by atoms with Crippen LogP contribution >= 0.6 is 0 Å². The minimum atomic E-state index is -2.83. The van der Waals surface area contributed by atoms with Crippen LogP contribution in [-0.2, 0) is 0 Å². The van der Waals surface area contributed by atoms with E-state index in [4.69, 9.17) is 0 Å². The predicted octanol–water partition coefficient (Wildman–Crippen LogP) is 4.40. The number of benzene rings is 2. The molecule has 94 valence electrons. The molecule has 18 heavy (non-hydrogen) atoms. The van der Waals surface area contributed by atoms with Crippen LogP contribution in [0.15, 0.2) is 42.5 Å². The summed E-state index contributed by atoms with van der Waals surface area (Å²) in [5.74, 6) is -0.163. The van der Waals surface area contributed by atoms with Gasteiger partial charge in [0.2, 0.25) is 0 Å². The molecule has 2 aromatic carbocycles. The highest BCUT2D eigenvalue weighted by atomic mass is 19.3. The van der Waals surface area contributed by atoms with Crippen LogP contribution in [0.5, 0.6) is 5.75 Å². The molecule has 0 radical (unpaired) electrons. The Hall–Kier alpha value is -1.97. The second kappa shape index (κ2) is 5.12. The van der Waals surface area contributed by atoms with Crippen molar-refractivity contribution in [3.05, 3.63) is 53.8 Å². The fourth-order valence-corrected chi connectivity index (χ4v) is 1.70. The van der Waals surface area contributed by atoms with Gasteiger partial charge in [0, 0.05) is 0 Å². The van der Waals surface area contributed by atoms with Gasteiger partial charge >= 0.3 is 6.61 Å². The normalized spacial score (nSPS) is 10.7. The Morgan fingerprint density at radius 2 is 1.56 bits per heavy atom. The minimum absolute atomic E-state index is 0.149. The third-order valence-electron chi connectivity index (χ3n) is 2.57. The van der Waals surface area contributed by atoms with Gasteiger partial charge in [0.15, 0.2) is 0 Å². The summed E-state index contributed by atoms with van der Waals surface area (Å²) in [5, 5.41) is 0. The lowest BCUT2D eigenvalue weighted by Gasteiger charge is -2.09. The number of halogens is 3. The van der Waals surface area contributed by atoms with E-state index in [-0.39, 0.29) is 11.6 Å². The van der Waals surface area contributed by atoms with E-state index < -0.39 is 6.61 Å². The van der Waals surface area contributed by atoms with Crippen LogP contribution in [0, 0.1) is 12.7 Å². The largest absolute Gasteiger partial charge is 0.435 e. The van der Waals surface area contributed by atoms with Gasteiger partial charge in [-0.3, -0.25) is 0 Å². The molecular formula is C14H11F3O. The maximum Gasteiger partial charge on any atom is 0.387 e. The van der Waals surface area contributed by atoms with Gasteiger partial charge in [-0.1, -0.05) is 18.2 Å². The van der Waals surface area contributed by atoms with Crippen molar-refractivity contribution in [3.8, 4) is 16.9 Å². The van der Waals surface area contributed by atoms with Crippen LogP contribution in [0.3, 0.4) is 0 Å². The zero-order valence-electron chi connectivity index (χ0n) is 9.66. The standard InChI is InChI=1S/C14H11F3O/c1-9-8-11(4-7-13(9)18-14(16)17)10-2-5-12(15)6-3-10/h2-8,14H,1H3. The molecule has 0 saturated carbocycles. The average molecular weight is 252 g/mol. The second-order valence-corrected chi connectivity index (χ2v) is 3.87. The molecule has 0 atom stereocenters. The van der Waals surface area contributed by atoms with Crippen molar-refractivity contribution in [2.24, 2.45) is 0 Å². The molecule has 0 N–H and O–H groups in total. The van der Waals surface area contributed by atoms with Crippen LogP contribution in [-0.4, -0.2) is 6.61 Å². The molecular weight excluding hydrogens is 241 g/mol. The van der Waals surface area contributed by atoms with Gasteiger partial charge in [-0.05, 0) is 47.9 Å². The lowest BCUT2D eigenvalue weighted by Crippen LogP contribution is -2.03. The van der Waals surface area contributed by atoms with Crippen LogP contribution in [0.25, 0.3) is 11.1 Å². The van der Waals surface area contributed by atoms with Gasteiger partial charge in [-0.25, -0.2) is 4.39 Å². The number of hydrogen-bond donors (Lipinski definition) is 0. The van der Waals surface area contributed by atoms with Crippen molar-refractivity contribution < 1.29 is 17.9 Å². The summed E-state index contributed by atoms with van der Waals surface area (Å²) in [6, 6.07) is 10.9. The molecule has 0 saturated heterocycles. The Kier molecular flexibility index (Phi) is 3.55. The first kappa shape index (κ1) is 12.5. The molecule has 0 fully saturated rings. The Morgan fingerprint density at radius 3 is 2.11 bits per heavy atom. The topological polar surface area (TPSA) is 9.23 Å². The van der Waals surface area contributed by atoms with Crippen molar-refractivity contribution in [1.82, 2.24) is 0 Å². The monoisotopic (exact) mass is 252 g/mol. The van der Waals surface area contributed by atoms with Crippen molar-refractivity contribution in [2.75, 3.05) is 0 Å². The lowest BCUT2D eigenvalue weighted by molar-refractivity contribution is -0.0502. The molecule has 0 aliphatic carbocycles. The minimum Gasteiger partial charge on any atom is -0.435 e. The molecule has 2 aromatic rings. The van der Waals surface area contributed by atoms with Crippen LogP contribution < -0.4 is 4.74 Å². The van der Waals surface area contributed by atoms with E-state index in [1.807, 2.05) is 0 Å². The van der Waals surface area contributed by atoms with Crippen LogP contribution in [0.1, 0.15) is 5.56 Å². The van der Waals surface area contributed by atoms with E-state index >= 15 is 0 Å². The van der Waals surface area contributed by atoms with Crippen molar-refractivity contribution in [1.29, 1.82) is 0 Å². The number of ether oxygens (including phenoxy) is 1. The molecule has 1 nitrogen and oxygen atoms in total. The maximum atomic E-state index is 12.8. The first-order valence-electron chi connectivity index (χ1n) is 5.37. The number of rotatable bonds is 3. The van der Waals surface area contributed by atoms with Gasteiger partial charge in [-0.15, -0.1) is 0 Å². The van der Waals surface area contributed by atoms with Gasteiger partial charge in [0.25, 0.3) is 0 Å². The van der Waals surface area contributed by atoms with Crippen LogP contribution in [0.4, 0.5) is 13.2 Å². The second-order valence-electron chi connectivity index (χ2n) is 3.87. The van der Waals surface area contributed by atoms with E-state index in [0.29, 0.717) is 5.56 Å². The summed E-state index contributed by atoms with van der Waals surface area (Å²) >= 11 is 0. The highest BCUT2D eigenvalue weighted by Gasteiger charge is 2.08. The summed E-state index contributed by atoms with van der Waals surface area (Å²) in [4.78, 5) is 0. The highest BCUT2D eigenvalue weighted by Crippen LogP contribution is 2.27. The lowest BCUT2D eigenvalue weighted by atomic mass is 10.0. The molecule has 0 bridgehead atoms. The molecule has 4 heteroatoms. The Labute approximate surface area is 103 Å². The SMILES string of the molecule is Cc1cc(-c2ccc(F)cc2)ccc1OC(F)F. The van der Waals surface area contributed by atoms with Gasteiger partial charge < -0.3 is 4.74 Å². The molecule has 0 aliphatic rings.